The maximum absolute atomic E-state index is 13.1. The Morgan fingerprint density at radius 2 is 2.18 bits per heavy atom. The van der Waals surface area contributed by atoms with Gasteiger partial charge in [0, 0.05) is 17.8 Å². The van der Waals surface area contributed by atoms with Gasteiger partial charge in [-0.25, -0.2) is 4.39 Å². The van der Waals surface area contributed by atoms with E-state index in [1.54, 1.807) is 11.8 Å². The predicted octanol–water partition coefficient (Wildman–Crippen LogP) is 2.93. The molecule has 92 valence electrons. The lowest BCUT2D eigenvalue weighted by Crippen LogP contribution is -2.31. The van der Waals surface area contributed by atoms with Crippen LogP contribution < -0.4 is 5.32 Å². The number of nitrogens with zero attached hydrogens (tertiary/aromatic N) is 1. The van der Waals surface area contributed by atoms with Crippen LogP contribution in [0.15, 0.2) is 18.2 Å². The van der Waals surface area contributed by atoms with E-state index in [1.165, 1.54) is 18.2 Å². The van der Waals surface area contributed by atoms with E-state index in [2.05, 4.69) is 31.5 Å². The average Bonchev–Trinajstić information content (AvgIpc) is 2.29. The third kappa shape index (κ3) is 4.37. The van der Waals surface area contributed by atoms with Gasteiger partial charge in [-0.1, -0.05) is 0 Å². The molecule has 0 heterocycles. The van der Waals surface area contributed by atoms with E-state index >= 15 is 0 Å². The summed E-state index contributed by atoms with van der Waals surface area (Å²) in [5.74, 6) is -0.301. The van der Waals surface area contributed by atoms with Crippen molar-refractivity contribution >= 4 is 11.8 Å². The molecule has 0 saturated heterocycles. The first-order valence-corrected chi connectivity index (χ1v) is 6.65. The lowest BCUT2D eigenvalue weighted by molar-refractivity contribution is 0.584. The van der Waals surface area contributed by atoms with E-state index in [4.69, 9.17) is 5.26 Å². The van der Waals surface area contributed by atoms with Crippen molar-refractivity contribution in [2.75, 3.05) is 12.8 Å². The Morgan fingerprint density at radius 3 is 2.76 bits per heavy atom. The zero-order valence-electron chi connectivity index (χ0n) is 10.4. The molecule has 1 N–H and O–H groups in total. The Balaban J connectivity index is 2.64. The zero-order chi connectivity index (χ0) is 12.9. The van der Waals surface area contributed by atoms with Crippen LogP contribution in [0.1, 0.15) is 25.0 Å². The van der Waals surface area contributed by atoms with Crippen molar-refractivity contribution in [1.82, 2.24) is 5.32 Å². The Labute approximate surface area is 106 Å². The molecule has 0 aliphatic rings. The molecule has 1 rings (SSSR count). The minimum Gasteiger partial charge on any atom is -0.311 e. The topological polar surface area (TPSA) is 35.8 Å². The van der Waals surface area contributed by atoms with Crippen LogP contribution in [0.2, 0.25) is 0 Å². The fourth-order valence-electron chi connectivity index (χ4n) is 1.39. The molecule has 17 heavy (non-hydrogen) atoms. The summed E-state index contributed by atoms with van der Waals surface area (Å²) in [6, 6.07) is 6.32. The summed E-state index contributed by atoms with van der Waals surface area (Å²) in [5.41, 5.74) is 1.24. The second kappa shape index (κ2) is 6.04. The van der Waals surface area contributed by atoms with Gasteiger partial charge in [0.1, 0.15) is 5.82 Å². The van der Waals surface area contributed by atoms with Crippen molar-refractivity contribution in [3.8, 4) is 6.07 Å². The van der Waals surface area contributed by atoms with Crippen molar-refractivity contribution in [2.24, 2.45) is 0 Å². The quantitative estimate of drug-likeness (QED) is 0.875. The summed E-state index contributed by atoms with van der Waals surface area (Å²) in [4.78, 5) is 0. The first-order valence-electron chi connectivity index (χ1n) is 5.43. The lowest BCUT2D eigenvalue weighted by Gasteiger charge is -2.22. The number of thioether (sulfide) groups is 1. The van der Waals surface area contributed by atoms with E-state index < -0.39 is 0 Å². The largest absolute Gasteiger partial charge is 0.311 e. The lowest BCUT2D eigenvalue weighted by atomic mass is 10.1. The highest BCUT2D eigenvalue weighted by Crippen LogP contribution is 2.20. The maximum Gasteiger partial charge on any atom is 0.123 e. The SMILES string of the molecule is CSC(C)(C)CNCc1cc(F)ccc1C#N. The molecule has 0 amide bonds. The molecule has 4 heteroatoms. The highest BCUT2D eigenvalue weighted by Gasteiger charge is 2.15. The standard InChI is InChI=1S/C13H17FN2S/c1-13(2,17-3)9-16-8-11-6-12(14)5-4-10(11)7-15/h4-6,16H,8-9H2,1-3H3. The number of benzene rings is 1. The minimum atomic E-state index is -0.301. The molecule has 0 bridgehead atoms. The predicted molar refractivity (Wildman–Crippen MR) is 70.4 cm³/mol. The number of nitrogens with one attached hydrogen (secondary N) is 1. The fourth-order valence-corrected chi connectivity index (χ4v) is 1.63. The van der Waals surface area contributed by atoms with Crippen LogP contribution in [-0.2, 0) is 6.54 Å². The van der Waals surface area contributed by atoms with Gasteiger partial charge in [-0.05, 0) is 43.9 Å². The van der Waals surface area contributed by atoms with Crippen molar-refractivity contribution in [2.45, 2.75) is 25.1 Å². The van der Waals surface area contributed by atoms with Crippen LogP contribution in [0.5, 0.6) is 0 Å². The summed E-state index contributed by atoms with van der Waals surface area (Å²) < 4.78 is 13.2. The summed E-state index contributed by atoms with van der Waals surface area (Å²) in [5, 5.41) is 12.2. The fraction of sp³-hybridized carbons (Fsp3) is 0.462. The molecule has 0 spiro atoms. The highest BCUT2D eigenvalue weighted by molar-refractivity contribution is 7.99. The van der Waals surface area contributed by atoms with Crippen molar-refractivity contribution in [3.63, 3.8) is 0 Å². The Hall–Kier alpha value is -1.05. The van der Waals surface area contributed by atoms with E-state index in [0.29, 0.717) is 17.7 Å². The highest BCUT2D eigenvalue weighted by atomic mass is 32.2. The molecule has 0 unspecified atom stereocenters. The summed E-state index contributed by atoms with van der Waals surface area (Å²) in [7, 11) is 0. The van der Waals surface area contributed by atoms with Gasteiger partial charge in [0.25, 0.3) is 0 Å². The Kier molecular flexibility index (Phi) is 4.98. The van der Waals surface area contributed by atoms with Gasteiger partial charge in [0.15, 0.2) is 0 Å². The number of halogens is 1. The van der Waals surface area contributed by atoms with E-state index in [-0.39, 0.29) is 10.6 Å². The van der Waals surface area contributed by atoms with Crippen LogP contribution in [0.4, 0.5) is 4.39 Å². The van der Waals surface area contributed by atoms with Gasteiger partial charge in [-0.15, -0.1) is 0 Å². The van der Waals surface area contributed by atoms with E-state index in [1.807, 2.05) is 0 Å². The third-order valence-electron chi connectivity index (χ3n) is 2.61. The van der Waals surface area contributed by atoms with Gasteiger partial charge >= 0.3 is 0 Å². The summed E-state index contributed by atoms with van der Waals surface area (Å²) >= 11 is 1.77. The molecule has 0 radical (unpaired) electrons. The Morgan fingerprint density at radius 1 is 1.47 bits per heavy atom. The third-order valence-corrected chi connectivity index (χ3v) is 3.86. The summed E-state index contributed by atoms with van der Waals surface area (Å²) in [6.07, 6.45) is 2.06. The molecule has 0 aliphatic carbocycles. The smallest absolute Gasteiger partial charge is 0.123 e. The Bertz CT molecular complexity index is 424. The first kappa shape index (κ1) is 14.0. The monoisotopic (exact) mass is 252 g/mol. The second-order valence-electron chi connectivity index (χ2n) is 4.48. The molecule has 0 aliphatic heterocycles. The maximum atomic E-state index is 13.1. The zero-order valence-corrected chi connectivity index (χ0v) is 11.2. The molecule has 1 aromatic rings. The van der Waals surface area contributed by atoms with Crippen molar-refractivity contribution < 1.29 is 4.39 Å². The second-order valence-corrected chi connectivity index (χ2v) is 5.99. The molecule has 0 atom stereocenters. The molecular weight excluding hydrogens is 235 g/mol. The minimum absolute atomic E-state index is 0.139. The van der Waals surface area contributed by atoms with Crippen molar-refractivity contribution in [1.29, 1.82) is 5.26 Å². The van der Waals surface area contributed by atoms with Crippen LogP contribution in [0.25, 0.3) is 0 Å². The molecule has 1 aromatic carbocycles. The molecule has 0 fully saturated rings. The number of hydrogen-bond donors (Lipinski definition) is 1. The first-order chi connectivity index (χ1) is 7.98. The van der Waals surface area contributed by atoms with Crippen LogP contribution in [0, 0.1) is 17.1 Å². The molecule has 0 saturated carbocycles. The number of hydrogen-bond acceptors (Lipinski definition) is 3. The number of nitriles is 1. The molecular formula is C13H17FN2S. The normalized spacial score (nSPS) is 11.2. The van der Waals surface area contributed by atoms with Gasteiger partial charge in [-0.3, -0.25) is 0 Å². The van der Waals surface area contributed by atoms with Gasteiger partial charge in [0.05, 0.1) is 11.6 Å². The average molecular weight is 252 g/mol. The van der Waals surface area contributed by atoms with E-state index in [9.17, 15) is 4.39 Å². The van der Waals surface area contributed by atoms with Crippen LogP contribution in [-0.4, -0.2) is 17.5 Å². The molecule has 2 nitrogen and oxygen atoms in total. The van der Waals surface area contributed by atoms with Crippen LogP contribution in [0.3, 0.4) is 0 Å². The van der Waals surface area contributed by atoms with Gasteiger partial charge in [0.2, 0.25) is 0 Å². The van der Waals surface area contributed by atoms with Crippen LogP contribution >= 0.6 is 11.8 Å². The van der Waals surface area contributed by atoms with Crippen molar-refractivity contribution in [3.05, 3.63) is 35.1 Å². The van der Waals surface area contributed by atoms with Gasteiger partial charge < -0.3 is 5.32 Å². The summed E-state index contributed by atoms with van der Waals surface area (Å²) in [6.45, 7) is 5.61. The van der Waals surface area contributed by atoms with E-state index in [0.717, 1.165) is 6.54 Å². The molecule has 0 aromatic heterocycles. The number of rotatable bonds is 5. The van der Waals surface area contributed by atoms with Gasteiger partial charge in [-0.2, -0.15) is 17.0 Å².